The molecule has 1 heterocycles. The Balaban J connectivity index is 1.53. The van der Waals surface area contributed by atoms with Crippen LogP contribution in [-0.2, 0) is 18.3 Å². The minimum Gasteiger partial charge on any atom is -0.494 e. The van der Waals surface area contributed by atoms with E-state index in [-0.39, 0.29) is 17.8 Å². The first-order chi connectivity index (χ1) is 15.0. The molecule has 0 bridgehead atoms. The van der Waals surface area contributed by atoms with Gasteiger partial charge < -0.3 is 19.4 Å². The van der Waals surface area contributed by atoms with Gasteiger partial charge in [0.15, 0.2) is 17.1 Å². The number of anilines is 1. The van der Waals surface area contributed by atoms with E-state index < -0.39 is 0 Å². The lowest BCUT2D eigenvalue weighted by Gasteiger charge is -2.14. The predicted molar refractivity (Wildman–Crippen MR) is 123 cm³/mol. The fourth-order valence-electron chi connectivity index (χ4n) is 2.99. The van der Waals surface area contributed by atoms with Gasteiger partial charge in [0.25, 0.3) is 0 Å². The average molecular weight is 441 g/mol. The van der Waals surface area contributed by atoms with Crippen LogP contribution in [0.2, 0.25) is 0 Å². The Hall–Kier alpha value is -3.00. The van der Waals surface area contributed by atoms with Gasteiger partial charge in [0.1, 0.15) is 11.5 Å². The van der Waals surface area contributed by atoms with E-state index in [0.717, 1.165) is 23.6 Å². The number of ether oxygens (including phenoxy) is 2. The number of aromatic nitrogens is 3. The van der Waals surface area contributed by atoms with Crippen LogP contribution in [0.15, 0.2) is 53.7 Å². The number of nitrogens with zero attached hydrogens (tertiary/aromatic N) is 3. The first-order valence-corrected chi connectivity index (χ1v) is 11.3. The lowest BCUT2D eigenvalue weighted by atomic mass is 10.2. The van der Waals surface area contributed by atoms with Crippen molar-refractivity contribution < 1.29 is 14.3 Å². The SMILES string of the molecule is CCOc1ccc(NC(=O)CSc2nnc([C@@H](C)Oc3ccc(CC)cc3)n2C)cc1. The lowest BCUT2D eigenvalue weighted by Crippen LogP contribution is -2.14. The molecule has 0 spiro atoms. The van der Waals surface area contributed by atoms with Crippen LogP contribution in [0.1, 0.15) is 38.3 Å². The fraction of sp³-hybridized carbons (Fsp3) is 0.348. The van der Waals surface area contributed by atoms with E-state index in [2.05, 4.69) is 34.6 Å². The molecule has 8 heteroatoms. The topological polar surface area (TPSA) is 78.3 Å². The van der Waals surface area contributed by atoms with Crippen molar-refractivity contribution in [2.24, 2.45) is 7.05 Å². The van der Waals surface area contributed by atoms with Crippen molar-refractivity contribution in [3.63, 3.8) is 0 Å². The van der Waals surface area contributed by atoms with Gasteiger partial charge in [-0.25, -0.2) is 0 Å². The van der Waals surface area contributed by atoms with Gasteiger partial charge >= 0.3 is 0 Å². The molecule has 0 saturated heterocycles. The van der Waals surface area contributed by atoms with Gasteiger partial charge in [-0.2, -0.15) is 0 Å². The quantitative estimate of drug-likeness (QED) is 0.463. The van der Waals surface area contributed by atoms with Gasteiger partial charge in [-0.15, -0.1) is 10.2 Å². The van der Waals surface area contributed by atoms with Crippen LogP contribution in [0.3, 0.4) is 0 Å². The summed E-state index contributed by atoms with van der Waals surface area (Å²) in [6.07, 6.45) is 0.725. The predicted octanol–water partition coefficient (Wildman–Crippen LogP) is 4.65. The van der Waals surface area contributed by atoms with Crippen molar-refractivity contribution in [3.8, 4) is 11.5 Å². The smallest absolute Gasteiger partial charge is 0.234 e. The number of amides is 1. The average Bonchev–Trinajstić information content (AvgIpc) is 3.15. The largest absolute Gasteiger partial charge is 0.494 e. The standard InChI is InChI=1S/C23H28N4O3S/c1-5-17-7-11-20(12-8-17)30-16(3)22-25-26-23(27(22)4)31-15-21(28)24-18-9-13-19(14-10-18)29-6-2/h7-14,16H,5-6,15H2,1-4H3,(H,24,28)/t16-/m1/s1. The van der Waals surface area contributed by atoms with Crippen molar-refractivity contribution in [3.05, 3.63) is 59.9 Å². The number of benzene rings is 2. The number of aryl methyl sites for hydroxylation is 1. The van der Waals surface area contributed by atoms with Gasteiger partial charge in [0.05, 0.1) is 12.4 Å². The Bertz CT molecular complexity index is 987. The Morgan fingerprint density at radius 1 is 1.06 bits per heavy atom. The molecule has 0 radical (unpaired) electrons. The van der Waals surface area contributed by atoms with Gasteiger partial charge in [0, 0.05) is 12.7 Å². The second-order valence-corrected chi connectivity index (χ2v) is 7.89. The molecule has 0 aliphatic rings. The molecule has 0 unspecified atom stereocenters. The zero-order chi connectivity index (χ0) is 22.2. The summed E-state index contributed by atoms with van der Waals surface area (Å²) in [6, 6.07) is 15.3. The molecule has 7 nitrogen and oxygen atoms in total. The summed E-state index contributed by atoms with van der Waals surface area (Å²) in [4.78, 5) is 12.3. The van der Waals surface area contributed by atoms with Crippen LogP contribution < -0.4 is 14.8 Å². The van der Waals surface area contributed by atoms with Crippen LogP contribution in [-0.4, -0.2) is 33.0 Å². The van der Waals surface area contributed by atoms with Crippen molar-refractivity contribution in [2.45, 2.75) is 38.5 Å². The summed E-state index contributed by atoms with van der Waals surface area (Å²) >= 11 is 1.33. The third kappa shape index (κ3) is 6.24. The first-order valence-electron chi connectivity index (χ1n) is 10.3. The summed E-state index contributed by atoms with van der Waals surface area (Å²) < 4.78 is 13.3. The molecular weight excluding hydrogens is 412 g/mol. The number of hydrogen-bond donors (Lipinski definition) is 1. The summed E-state index contributed by atoms with van der Waals surface area (Å²) in [7, 11) is 1.88. The number of hydrogen-bond acceptors (Lipinski definition) is 6. The van der Waals surface area contributed by atoms with Crippen molar-refractivity contribution in [2.75, 3.05) is 17.7 Å². The second kappa shape index (κ2) is 10.9. The maximum absolute atomic E-state index is 12.3. The van der Waals surface area contributed by atoms with E-state index in [1.54, 1.807) is 0 Å². The Kier molecular flexibility index (Phi) is 7.94. The lowest BCUT2D eigenvalue weighted by molar-refractivity contribution is -0.113. The Morgan fingerprint density at radius 2 is 1.74 bits per heavy atom. The van der Waals surface area contributed by atoms with Crippen LogP contribution in [0.25, 0.3) is 0 Å². The molecular formula is C23H28N4O3S. The number of thioether (sulfide) groups is 1. The van der Waals surface area contributed by atoms with Crippen LogP contribution in [0.5, 0.6) is 11.5 Å². The van der Waals surface area contributed by atoms with Gasteiger partial charge in [0.2, 0.25) is 5.91 Å². The molecule has 0 aliphatic carbocycles. The molecule has 2 aromatic carbocycles. The minimum absolute atomic E-state index is 0.112. The van der Waals surface area contributed by atoms with E-state index in [4.69, 9.17) is 9.47 Å². The number of rotatable bonds is 10. The molecule has 0 aliphatic heterocycles. The van der Waals surface area contributed by atoms with Crippen molar-refractivity contribution >= 4 is 23.4 Å². The molecule has 3 rings (SSSR count). The summed E-state index contributed by atoms with van der Waals surface area (Å²) in [5.41, 5.74) is 1.99. The first kappa shape index (κ1) is 22.7. The maximum Gasteiger partial charge on any atom is 0.234 e. The highest BCUT2D eigenvalue weighted by Crippen LogP contribution is 2.24. The van der Waals surface area contributed by atoms with Gasteiger partial charge in [-0.1, -0.05) is 30.8 Å². The number of carbonyl (C=O) groups is 1. The van der Waals surface area contributed by atoms with E-state index in [9.17, 15) is 4.79 Å². The highest BCUT2D eigenvalue weighted by Gasteiger charge is 2.18. The molecule has 31 heavy (non-hydrogen) atoms. The van der Waals surface area contributed by atoms with E-state index in [1.165, 1.54) is 17.3 Å². The zero-order valence-electron chi connectivity index (χ0n) is 18.3. The van der Waals surface area contributed by atoms with Gasteiger partial charge in [-0.3, -0.25) is 4.79 Å². The Morgan fingerprint density at radius 3 is 2.39 bits per heavy atom. The third-order valence-electron chi connectivity index (χ3n) is 4.66. The van der Waals surface area contributed by atoms with E-state index in [1.807, 2.05) is 61.9 Å². The maximum atomic E-state index is 12.3. The molecule has 164 valence electrons. The molecule has 0 saturated carbocycles. The minimum atomic E-state index is -0.267. The summed E-state index contributed by atoms with van der Waals surface area (Å²) in [5.74, 6) is 2.39. The highest BCUT2D eigenvalue weighted by molar-refractivity contribution is 7.99. The normalized spacial score (nSPS) is 11.7. The second-order valence-electron chi connectivity index (χ2n) is 6.95. The Labute approximate surface area is 187 Å². The molecule has 1 aromatic heterocycles. The summed E-state index contributed by atoms with van der Waals surface area (Å²) in [6.45, 7) is 6.60. The molecule has 1 amide bonds. The number of nitrogens with one attached hydrogen (secondary N) is 1. The van der Waals surface area contributed by atoms with Crippen LogP contribution in [0.4, 0.5) is 5.69 Å². The van der Waals surface area contributed by atoms with Crippen molar-refractivity contribution in [1.29, 1.82) is 0 Å². The van der Waals surface area contributed by atoms with E-state index in [0.29, 0.717) is 17.6 Å². The number of carbonyl (C=O) groups excluding carboxylic acids is 1. The van der Waals surface area contributed by atoms with E-state index >= 15 is 0 Å². The molecule has 3 aromatic rings. The van der Waals surface area contributed by atoms with Crippen molar-refractivity contribution in [1.82, 2.24) is 14.8 Å². The van der Waals surface area contributed by atoms with Gasteiger partial charge in [-0.05, 0) is 62.2 Å². The fourth-order valence-corrected chi connectivity index (χ4v) is 3.71. The summed E-state index contributed by atoms with van der Waals surface area (Å²) in [5, 5.41) is 12.0. The van der Waals surface area contributed by atoms with Crippen LogP contribution >= 0.6 is 11.8 Å². The monoisotopic (exact) mass is 440 g/mol. The van der Waals surface area contributed by atoms with Crippen LogP contribution in [0, 0.1) is 0 Å². The molecule has 0 fully saturated rings. The zero-order valence-corrected chi connectivity index (χ0v) is 19.1. The highest BCUT2D eigenvalue weighted by atomic mass is 32.2. The molecule has 1 N–H and O–H groups in total. The molecule has 1 atom stereocenters. The third-order valence-corrected chi connectivity index (χ3v) is 5.68.